The van der Waals surface area contributed by atoms with Gasteiger partial charge in [0.1, 0.15) is 5.82 Å². The zero-order valence-electron chi connectivity index (χ0n) is 13.3. The van der Waals surface area contributed by atoms with Gasteiger partial charge < -0.3 is 14.8 Å². The van der Waals surface area contributed by atoms with Crippen LogP contribution in [0.15, 0.2) is 26.5 Å². The molecular weight excluding hydrogens is 360 g/mol. The van der Waals surface area contributed by atoms with Gasteiger partial charge in [-0.3, -0.25) is 4.79 Å². The van der Waals surface area contributed by atoms with E-state index in [1.165, 1.54) is 11.8 Å². The number of hydrogen-bond donors (Lipinski definition) is 1. The van der Waals surface area contributed by atoms with Gasteiger partial charge >= 0.3 is 0 Å². The van der Waals surface area contributed by atoms with Gasteiger partial charge in [-0.2, -0.15) is 16.3 Å². The van der Waals surface area contributed by atoms with Crippen molar-refractivity contribution < 1.29 is 9.32 Å². The van der Waals surface area contributed by atoms with Crippen LogP contribution in [0.2, 0.25) is 0 Å². The van der Waals surface area contributed by atoms with Crippen LogP contribution in [0.25, 0.3) is 11.5 Å². The Labute approximate surface area is 151 Å². The maximum atomic E-state index is 11.1. The van der Waals surface area contributed by atoms with E-state index in [0.717, 1.165) is 29.4 Å². The molecule has 10 heteroatoms. The van der Waals surface area contributed by atoms with Gasteiger partial charge in [0.25, 0.3) is 5.89 Å². The molecule has 1 aliphatic rings. The fourth-order valence-corrected chi connectivity index (χ4v) is 3.87. The molecule has 0 aliphatic heterocycles. The summed E-state index contributed by atoms with van der Waals surface area (Å²) >= 11 is 3.07. The quantitative estimate of drug-likeness (QED) is 0.601. The van der Waals surface area contributed by atoms with Gasteiger partial charge in [-0.15, -0.1) is 10.2 Å². The highest BCUT2D eigenvalue weighted by Gasteiger charge is 2.30. The Morgan fingerprint density at radius 2 is 2.32 bits per heavy atom. The fourth-order valence-electron chi connectivity index (χ4n) is 2.43. The summed E-state index contributed by atoms with van der Waals surface area (Å²) in [6.07, 6.45) is 2.51. The van der Waals surface area contributed by atoms with Crippen LogP contribution in [0.4, 0.5) is 0 Å². The summed E-state index contributed by atoms with van der Waals surface area (Å²) < 4.78 is 7.28. The Balaban J connectivity index is 1.46. The minimum atomic E-state index is -0.329. The highest BCUT2D eigenvalue weighted by atomic mass is 32.2. The van der Waals surface area contributed by atoms with Crippen molar-refractivity contribution in [1.29, 1.82) is 0 Å². The van der Waals surface area contributed by atoms with E-state index in [4.69, 9.17) is 10.3 Å². The summed E-state index contributed by atoms with van der Waals surface area (Å²) in [4.78, 5) is 15.5. The largest absolute Gasteiger partial charge is 0.370 e. The van der Waals surface area contributed by atoms with E-state index < -0.39 is 0 Å². The van der Waals surface area contributed by atoms with Crippen molar-refractivity contribution in [3.63, 3.8) is 0 Å². The lowest BCUT2D eigenvalue weighted by Crippen LogP contribution is -2.15. The topological polar surface area (TPSA) is 113 Å². The number of thioether (sulfide) groups is 1. The second-order valence-corrected chi connectivity index (χ2v) is 7.52. The molecule has 3 heterocycles. The summed E-state index contributed by atoms with van der Waals surface area (Å²) in [5.74, 6) is 2.70. The van der Waals surface area contributed by atoms with E-state index in [0.29, 0.717) is 29.9 Å². The first kappa shape index (κ1) is 16.3. The molecule has 0 atom stereocenters. The molecule has 0 aromatic carbocycles. The van der Waals surface area contributed by atoms with Gasteiger partial charge in [-0.1, -0.05) is 16.9 Å². The Bertz CT molecular complexity index is 869. The van der Waals surface area contributed by atoms with Crippen molar-refractivity contribution >= 4 is 29.0 Å². The zero-order valence-corrected chi connectivity index (χ0v) is 14.9. The first-order valence-electron chi connectivity index (χ1n) is 7.90. The summed E-state index contributed by atoms with van der Waals surface area (Å²) in [5, 5.41) is 17.3. The lowest BCUT2D eigenvalue weighted by atomic mass is 10.3. The number of amides is 1. The average molecular weight is 376 g/mol. The third kappa shape index (κ3) is 3.74. The van der Waals surface area contributed by atoms with E-state index in [2.05, 4.69) is 20.3 Å². The van der Waals surface area contributed by atoms with Gasteiger partial charge in [-0.25, -0.2) is 0 Å². The molecule has 130 valence electrons. The van der Waals surface area contributed by atoms with Crippen LogP contribution < -0.4 is 5.73 Å². The highest BCUT2D eigenvalue weighted by Crippen LogP contribution is 2.40. The van der Waals surface area contributed by atoms with Crippen LogP contribution in [-0.2, 0) is 17.1 Å². The summed E-state index contributed by atoms with van der Waals surface area (Å²) in [5.41, 5.74) is 6.21. The SMILES string of the molecule is NC(=O)CCn1c(SCc2noc(-c3ccsc3)n2)nnc1C1CC1. The fraction of sp³-hybridized carbons (Fsp3) is 0.400. The summed E-state index contributed by atoms with van der Waals surface area (Å²) in [7, 11) is 0. The molecule has 0 bridgehead atoms. The van der Waals surface area contributed by atoms with Gasteiger partial charge in [0, 0.05) is 24.3 Å². The molecule has 1 fully saturated rings. The van der Waals surface area contributed by atoms with Crippen molar-refractivity contribution in [3.05, 3.63) is 28.5 Å². The van der Waals surface area contributed by atoms with Crippen molar-refractivity contribution in [2.45, 2.75) is 42.6 Å². The molecule has 0 saturated heterocycles. The van der Waals surface area contributed by atoms with Crippen LogP contribution in [0.3, 0.4) is 0 Å². The summed E-state index contributed by atoms with van der Waals surface area (Å²) in [6, 6.07) is 1.94. The monoisotopic (exact) mass is 376 g/mol. The maximum Gasteiger partial charge on any atom is 0.258 e. The molecule has 0 unspecified atom stereocenters. The third-order valence-corrected chi connectivity index (χ3v) is 5.48. The molecule has 1 aliphatic carbocycles. The molecule has 0 spiro atoms. The molecule has 0 radical (unpaired) electrons. The molecule has 3 aromatic heterocycles. The van der Waals surface area contributed by atoms with Crippen molar-refractivity contribution in [3.8, 4) is 11.5 Å². The number of rotatable bonds is 8. The second kappa shape index (κ2) is 6.96. The maximum absolute atomic E-state index is 11.1. The standard InChI is InChI=1S/C15H16N6O2S2/c16-11(22)3-5-21-13(9-1-2-9)18-19-15(21)25-8-12-17-14(23-20-12)10-4-6-24-7-10/h4,6-7,9H,1-3,5,8H2,(H2,16,22). The molecule has 4 rings (SSSR count). The molecule has 25 heavy (non-hydrogen) atoms. The van der Waals surface area contributed by atoms with Crippen LogP contribution >= 0.6 is 23.1 Å². The molecule has 3 aromatic rings. The van der Waals surface area contributed by atoms with E-state index >= 15 is 0 Å². The van der Waals surface area contributed by atoms with Crippen molar-refractivity contribution in [2.75, 3.05) is 0 Å². The van der Waals surface area contributed by atoms with E-state index in [9.17, 15) is 4.79 Å². The second-order valence-electron chi connectivity index (χ2n) is 5.80. The predicted molar refractivity (Wildman–Crippen MR) is 93.0 cm³/mol. The Kier molecular flexibility index (Phi) is 4.53. The third-order valence-electron chi connectivity index (χ3n) is 3.84. The zero-order chi connectivity index (χ0) is 17.2. The van der Waals surface area contributed by atoms with Crippen molar-refractivity contribution in [1.82, 2.24) is 24.9 Å². The molecule has 1 saturated carbocycles. The smallest absolute Gasteiger partial charge is 0.258 e. The normalized spacial score (nSPS) is 14.1. The van der Waals surface area contributed by atoms with Crippen LogP contribution in [-0.4, -0.2) is 30.8 Å². The Morgan fingerprint density at radius 3 is 3.04 bits per heavy atom. The average Bonchev–Trinajstić information content (AvgIpc) is 3.04. The number of hydrogen-bond acceptors (Lipinski definition) is 8. The van der Waals surface area contributed by atoms with Crippen LogP contribution in [0, 0.1) is 0 Å². The first-order chi connectivity index (χ1) is 12.2. The number of thiophene rings is 1. The Hall–Kier alpha value is -2.20. The van der Waals surface area contributed by atoms with Gasteiger partial charge in [-0.05, 0) is 24.3 Å². The van der Waals surface area contributed by atoms with E-state index in [1.807, 2.05) is 21.4 Å². The van der Waals surface area contributed by atoms with Crippen LogP contribution in [0.5, 0.6) is 0 Å². The molecular formula is C15H16N6O2S2. The number of primary amides is 1. The lowest BCUT2D eigenvalue weighted by molar-refractivity contribution is -0.118. The van der Waals surface area contributed by atoms with Gasteiger partial charge in [0.2, 0.25) is 5.91 Å². The van der Waals surface area contributed by atoms with E-state index in [1.54, 1.807) is 11.3 Å². The van der Waals surface area contributed by atoms with Crippen LogP contribution in [0.1, 0.15) is 36.8 Å². The minimum absolute atomic E-state index is 0.274. The Morgan fingerprint density at radius 1 is 1.44 bits per heavy atom. The minimum Gasteiger partial charge on any atom is -0.370 e. The van der Waals surface area contributed by atoms with Gasteiger partial charge in [0.15, 0.2) is 11.0 Å². The number of aromatic nitrogens is 5. The van der Waals surface area contributed by atoms with E-state index in [-0.39, 0.29) is 12.3 Å². The number of carbonyl (C=O) groups excluding carboxylic acids is 1. The number of nitrogens with zero attached hydrogens (tertiary/aromatic N) is 5. The lowest BCUT2D eigenvalue weighted by Gasteiger charge is -2.07. The number of carbonyl (C=O) groups is 1. The highest BCUT2D eigenvalue weighted by molar-refractivity contribution is 7.98. The molecule has 8 nitrogen and oxygen atoms in total. The predicted octanol–water partition coefficient (Wildman–Crippen LogP) is 2.43. The first-order valence-corrected chi connectivity index (χ1v) is 9.83. The van der Waals surface area contributed by atoms with Gasteiger partial charge in [0.05, 0.1) is 11.3 Å². The molecule has 1 amide bonds. The van der Waals surface area contributed by atoms with Crippen molar-refractivity contribution in [2.24, 2.45) is 5.73 Å². The molecule has 2 N–H and O–H groups in total. The number of nitrogens with two attached hydrogens (primary N) is 1. The summed E-state index contributed by atoms with van der Waals surface area (Å²) in [6.45, 7) is 0.503.